The van der Waals surface area contributed by atoms with Crippen molar-refractivity contribution in [2.24, 2.45) is 0 Å². The topological polar surface area (TPSA) is 66.1 Å². The third-order valence-corrected chi connectivity index (χ3v) is 4.66. The van der Waals surface area contributed by atoms with Crippen molar-refractivity contribution in [2.75, 3.05) is 6.54 Å². The van der Waals surface area contributed by atoms with E-state index >= 15 is 0 Å². The summed E-state index contributed by atoms with van der Waals surface area (Å²) in [5, 5.41) is 2.45. The van der Waals surface area contributed by atoms with Crippen molar-refractivity contribution in [1.29, 1.82) is 0 Å². The molecule has 24 heavy (non-hydrogen) atoms. The normalized spacial score (nSPS) is 10.9. The highest BCUT2D eigenvalue weighted by atomic mass is 32.1. The first-order valence-electron chi connectivity index (χ1n) is 7.99. The number of benzene rings is 1. The van der Waals surface area contributed by atoms with Crippen molar-refractivity contribution < 1.29 is 4.79 Å². The smallest absolute Gasteiger partial charge is 0.264 e. The lowest BCUT2D eigenvalue weighted by molar-refractivity contribution is 0.0741. The molecular formula is C18H19N3O2S. The molecule has 1 aromatic carbocycles. The highest BCUT2D eigenvalue weighted by Gasteiger charge is 2.18. The molecule has 0 saturated carbocycles. The minimum absolute atomic E-state index is 0.0192. The lowest BCUT2D eigenvalue weighted by Crippen LogP contribution is -2.32. The molecule has 0 atom stereocenters. The van der Waals surface area contributed by atoms with Crippen LogP contribution in [0.3, 0.4) is 0 Å². The number of aromatic nitrogens is 2. The number of thiophene rings is 1. The number of H-pyrrole nitrogens is 1. The minimum atomic E-state index is -0.172. The average Bonchev–Trinajstić information content (AvgIpc) is 3.12. The summed E-state index contributed by atoms with van der Waals surface area (Å²) >= 11 is 1.43. The van der Waals surface area contributed by atoms with Crippen LogP contribution in [-0.4, -0.2) is 27.3 Å². The molecule has 2 heterocycles. The molecule has 6 heteroatoms. The zero-order valence-electron chi connectivity index (χ0n) is 13.5. The fourth-order valence-electron chi connectivity index (χ4n) is 2.55. The highest BCUT2D eigenvalue weighted by molar-refractivity contribution is 7.12. The molecule has 0 fully saturated rings. The van der Waals surface area contributed by atoms with E-state index in [0.717, 1.165) is 12.8 Å². The van der Waals surface area contributed by atoms with E-state index in [1.165, 1.54) is 11.3 Å². The van der Waals surface area contributed by atoms with Crippen LogP contribution in [-0.2, 0) is 6.54 Å². The number of carbonyl (C=O) groups is 1. The van der Waals surface area contributed by atoms with Gasteiger partial charge >= 0.3 is 0 Å². The molecule has 0 unspecified atom stereocenters. The number of nitrogens with one attached hydrogen (secondary N) is 1. The molecule has 3 rings (SSSR count). The van der Waals surface area contributed by atoms with Crippen LogP contribution in [0.2, 0.25) is 0 Å². The van der Waals surface area contributed by atoms with Gasteiger partial charge in [-0.1, -0.05) is 31.5 Å². The van der Waals surface area contributed by atoms with E-state index in [2.05, 4.69) is 16.9 Å². The van der Waals surface area contributed by atoms with E-state index in [9.17, 15) is 9.59 Å². The summed E-state index contributed by atoms with van der Waals surface area (Å²) in [6.07, 6.45) is 1.91. The molecule has 0 aliphatic heterocycles. The second-order valence-electron chi connectivity index (χ2n) is 5.59. The summed E-state index contributed by atoms with van der Waals surface area (Å²) in [4.78, 5) is 34.6. The maximum atomic E-state index is 12.7. The summed E-state index contributed by atoms with van der Waals surface area (Å²) in [6.45, 7) is 3.03. The Kier molecular flexibility index (Phi) is 5.05. The molecule has 1 amide bonds. The quantitative estimate of drug-likeness (QED) is 0.747. The molecule has 124 valence electrons. The minimum Gasteiger partial charge on any atom is -0.330 e. The number of para-hydroxylation sites is 1. The Morgan fingerprint density at radius 3 is 2.83 bits per heavy atom. The van der Waals surface area contributed by atoms with Gasteiger partial charge in [0.05, 0.1) is 22.3 Å². The molecule has 0 aliphatic carbocycles. The fourth-order valence-corrected chi connectivity index (χ4v) is 3.24. The predicted octanol–water partition coefficient (Wildman–Crippen LogP) is 3.43. The Hall–Kier alpha value is -2.47. The molecule has 0 saturated heterocycles. The first kappa shape index (κ1) is 16.4. The van der Waals surface area contributed by atoms with Crippen molar-refractivity contribution in [3.63, 3.8) is 0 Å². The number of hydrogen-bond acceptors (Lipinski definition) is 4. The Labute approximate surface area is 144 Å². The van der Waals surface area contributed by atoms with Gasteiger partial charge in [0, 0.05) is 6.54 Å². The van der Waals surface area contributed by atoms with Crippen LogP contribution in [0.15, 0.2) is 46.6 Å². The maximum absolute atomic E-state index is 12.7. The average molecular weight is 341 g/mol. The molecule has 0 spiro atoms. The molecule has 2 aromatic heterocycles. The second kappa shape index (κ2) is 7.40. The summed E-state index contributed by atoms with van der Waals surface area (Å²) in [6, 6.07) is 10.9. The lowest BCUT2D eigenvalue weighted by atomic mass is 10.2. The van der Waals surface area contributed by atoms with Crippen LogP contribution in [0.25, 0.3) is 10.9 Å². The maximum Gasteiger partial charge on any atom is 0.264 e. The number of unbranched alkanes of at least 4 members (excludes halogenated alkanes) is 1. The molecule has 0 radical (unpaired) electrons. The Bertz CT molecular complexity index is 887. The van der Waals surface area contributed by atoms with Gasteiger partial charge in [-0.15, -0.1) is 11.3 Å². The molecule has 3 aromatic rings. The largest absolute Gasteiger partial charge is 0.330 e. The first-order valence-corrected chi connectivity index (χ1v) is 8.87. The third-order valence-electron chi connectivity index (χ3n) is 3.80. The second-order valence-corrected chi connectivity index (χ2v) is 6.54. The van der Waals surface area contributed by atoms with Crippen LogP contribution in [0.5, 0.6) is 0 Å². The Morgan fingerprint density at radius 1 is 1.25 bits per heavy atom. The summed E-state index contributed by atoms with van der Waals surface area (Å²) < 4.78 is 0. The van der Waals surface area contributed by atoms with E-state index in [1.54, 1.807) is 11.0 Å². The summed E-state index contributed by atoms with van der Waals surface area (Å²) in [7, 11) is 0. The molecule has 0 bridgehead atoms. The predicted molar refractivity (Wildman–Crippen MR) is 96.3 cm³/mol. The van der Waals surface area contributed by atoms with Crippen molar-refractivity contribution in [3.8, 4) is 0 Å². The highest BCUT2D eigenvalue weighted by Crippen LogP contribution is 2.15. The van der Waals surface area contributed by atoms with Crippen molar-refractivity contribution in [2.45, 2.75) is 26.3 Å². The summed E-state index contributed by atoms with van der Waals surface area (Å²) in [5.41, 5.74) is 0.477. The van der Waals surface area contributed by atoms with Crippen LogP contribution in [0.1, 0.15) is 35.3 Å². The standard InChI is InChI=1S/C18H19N3O2S/c1-2-3-10-21(18(23)15-9-6-11-24-15)12-16-19-14-8-5-4-7-13(14)17(22)20-16/h4-9,11H,2-3,10,12H2,1H3,(H,19,20,22). The van der Waals surface area contributed by atoms with Crippen molar-refractivity contribution in [3.05, 3.63) is 62.8 Å². The zero-order valence-corrected chi connectivity index (χ0v) is 14.3. The number of rotatable bonds is 6. The van der Waals surface area contributed by atoms with Gasteiger partial charge in [-0.25, -0.2) is 4.98 Å². The van der Waals surface area contributed by atoms with Crippen LogP contribution < -0.4 is 5.56 Å². The number of nitrogens with zero attached hydrogens (tertiary/aromatic N) is 2. The molecular weight excluding hydrogens is 322 g/mol. The van der Waals surface area contributed by atoms with E-state index in [4.69, 9.17) is 0 Å². The van der Waals surface area contributed by atoms with E-state index in [-0.39, 0.29) is 11.5 Å². The van der Waals surface area contributed by atoms with Gasteiger partial charge in [0.25, 0.3) is 11.5 Å². The van der Waals surface area contributed by atoms with Crippen LogP contribution >= 0.6 is 11.3 Å². The Morgan fingerprint density at radius 2 is 2.08 bits per heavy atom. The fraction of sp³-hybridized carbons (Fsp3) is 0.278. The van der Waals surface area contributed by atoms with Gasteiger partial charge in [0.2, 0.25) is 0 Å². The van der Waals surface area contributed by atoms with Crippen molar-refractivity contribution >= 4 is 28.1 Å². The number of aromatic amines is 1. The molecule has 1 N–H and O–H groups in total. The lowest BCUT2D eigenvalue weighted by Gasteiger charge is -2.21. The van der Waals surface area contributed by atoms with Crippen molar-refractivity contribution in [1.82, 2.24) is 14.9 Å². The molecule has 5 nitrogen and oxygen atoms in total. The van der Waals surface area contributed by atoms with E-state index < -0.39 is 0 Å². The SMILES string of the molecule is CCCCN(Cc1nc2ccccc2c(=O)[nH]1)C(=O)c1cccs1. The van der Waals surface area contributed by atoms with E-state index in [1.807, 2.05) is 35.7 Å². The zero-order chi connectivity index (χ0) is 16.9. The van der Waals surface area contributed by atoms with Crippen LogP contribution in [0, 0.1) is 0 Å². The number of carbonyl (C=O) groups excluding carboxylic acids is 1. The van der Waals surface area contributed by atoms with Gasteiger partial charge in [-0.3, -0.25) is 9.59 Å². The van der Waals surface area contributed by atoms with Gasteiger partial charge in [0.1, 0.15) is 5.82 Å². The van der Waals surface area contributed by atoms with Gasteiger partial charge in [-0.05, 0) is 30.0 Å². The number of fused-ring (bicyclic) bond motifs is 1. The monoisotopic (exact) mass is 341 g/mol. The van der Waals surface area contributed by atoms with Gasteiger partial charge in [-0.2, -0.15) is 0 Å². The summed E-state index contributed by atoms with van der Waals surface area (Å²) in [5.74, 6) is 0.494. The van der Waals surface area contributed by atoms with Gasteiger partial charge < -0.3 is 9.88 Å². The van der Waals surface area contributed by atoms with Gasteiger partial charge in [0.15, 0.2) is 0 Å². The molecule has 0 aliphatic rings. The Balaban J connectivity index is 1.89. The van der Waals surface area contributed by atoms with Crippen LogP contribution in [0.4, 0.5) is 0 Å². The first-order chi connectivity index (χ1) is 11.7. The third kappa shape index (κ3) is 3.54. The van der Waals surface area contributed by atoms with E-state index in [0.29, 0.717) is 34.7 Å². The number of hydrogen-bond donors (Lipinski definition) is 1. The number of amides is 1.